The minimum atomic E-state index is -0.575. The maximum absolute atomic E-state index is 13.3. The normalized spacial score (nSPS) is 18.9. The molecule has 1 aromatic carbocycles. The third-order valence-electron chi connectivity index (χ3n) is 6.43. The van der Waals surface area contributed by atoms with Crippen LogP contribution >= 0.6 is 22.6 Å². The van der Waals surface area contributed by atoms with Crippen LogP contribution in [0.2, 0.25) is 0 Å². The number of rotatable bonds is 7. The zero-order valence-corrected chi connectivity index (χ0v) is 21.2. The molecule has 33 heavy (non-hydrogen) atoms. The third kappa shape index (κ3) is 4.41. The van der Waals surface area contributed by atoms with E-state index >= 15 is 0 Å². The number of carbonyl (C=O) groups excluding carboxylic acids is 3. The van der Waals surface area contributed by atoms with Crippen LogP contribution < -0.4 is 15.2 Å². The number of amides is 1. The minimum absolute atomic E-state index is 0.117. The molecule has 0 spiro atoms. The van der Waals surface area contributed by atoms with Crippen molar-refractivity contribution >= 4 is 40.1 Å². The predicted molar refractivity (Wildman–Crippen MR) is 132 cm³/mol. The van der Waals surface area contributed by atoms with E-state index in [0.29, 0.717) is 30.9 Å². The summed E-state index contributed by atoms with van der Waals surface area (Å²) in [5.74, 6) is 0.179. The molecule has 0 atom stereocenters. The van der Waals surface area contributed by atoms with Crippen molar-refractivity contribution in [2.24, 2.45) is 5.73 Å². The first-order valence-corrected chi connectivity index (χ1v) is 12.6. The summed E-state index contributed by atoms with van der Waals surface area (Å²) >= 11 is 2.14. The maximum Gasteiger partial charge on any atom is 0.255 e. The van der Waals surface area contributed by atoms with E-state index in [1.165, 1.54) is 0 Å². The second kappa shape index (κ2) is 9.87. The Morgan fingerprint density at radius 3 is 2.15 bits per heavy atom. The summed E-state index contributed by atoms with van der Waals surface area (Å²) in [6.07, 6.45) is 4.34. The zero-order valence-electron chi connectivity index (χ0n) is 19.0. The summed E-state index contributed by atoms with van der Waals surface area (Å²) in [5.41, 5.74) is 9.74. The molecule has 0 aromatic heterocycles. The quantitative estimate of drug-likeness (QED) is 0.503. The molecule has 176 valence electrons. The van der Waals surface area contributed by atoms with E-state index < -0.39 is 11.8 Å². The van der Waals surface area contributed by atoms with Crippen molar-refractivity contribution in [3.63, 3.8) is 0 Å². The highest BCUT2D eigenvalue weighted by atomic mass is 127. The van der Waals surface area contributed by atoms with Gasteiger partial charge < -0.3 is 20.1 Å². The van der Waals surface area contributed by atoms with Crippen molar-refractivity contribution in [3.8, 4) is 11.5 Å². The van der Waals surface area contributed by atoms with Gasteiger partial charge in [-0.3, -0.25) is 14.4 Å². The van der Waals surface area contributed by atoms with Crippen molar-refractivity contribution in [1.82, 2.24) is 4.90 Å². The lowest BCUT2D eigenvalue weighted by Gasteiger charge is -2.43. The molecule has 0 fully saturated rings. The van der Waals surface area contributed by atoms with Crippen LogP contribution in [0.4, 0.5) is 0 Å². The molecule has 2 aliphatic carbocycles. The maximum atomic E-state index is 13.3. The summed E-state index contributed by atoms with van der Waals surface area (Å²) in [6, 6.07) is 3.79. The van der Waals surface area contributed by atoms with E-state index in [4.69, 9.17) is 15.2 Å². The van der Waals surface area contributed by atoms with E-state index in [-0.39, 0.29) is 18.2 Å². The molecule has 2 N–H and O–H groups in total. The average molecular weight is 564 g/mol. The highest BCUT2D eigenvalue weighted by Gasteiger charge is 2.43. The molecular weight excluding hydrogens is 535 g/mol. The highest BCUT2D eigenvalue weighted by molar-refractivity contribution is 14.1. The van der Waals surface area contributed by atoms with Gasteiger partial charge in [0.25, 0.3) is 5.91 Å². The molecule has 7 nitrogen and oxygen atoms in total. The van der Waals surface area contributed by atoms with E-state index in [0.717, 1.165) is 63.9 Å². The van der Waals surface area contributed by atoms with Gasteiger partial charge in [-0.05, 0) is 79.8 Å². The Balaban J connectivity index is 1.91. The number of allylic oxidation sites excluding steroid dienone is 4. The minimum Gasteiger partial charge on any atom is -0.490 e. The lowest BCUT2D eigenvalue weighted by atomic mass is 9.71. The molecule has 8 heteroatoms. The number of Topliss-reactive ketones (excluding diaryl/α,β-unsaturated/α-hetero) is 2. The molecule has 0 radical (unpaired) electrons. The van der Waals surface area contributed by atoms with Crippen molar-refractivity contribution in [2.75, 3.05) is 19.8 Å². The summed E-state index contributed by atoms with van der Waals surface area (Å²) in [7, 11) is 0. The van der Waals surface area contributed by atoms with E-state index in [9.17, 15) is 14.4 Å². The van der Waals surface area contributed by atoms with E-state index in [1.807, 2.05) is 19.1 Å². The van der Waals surface area contributed by atoms with Crippen LogP contribution in [0.15, 0.2) is 34.7 Å². The smallest absolute Gasteiger partial charge is 0.255 e. The van der Waals surface area contributed by atoms with Crippen molar-refractivity contribution in [3.05, 3.63) is 43.8 Å². The number of nitrogens with two attached hydrogens (primary N) is 1. The van der Waals surface area contributed by atoms with Gasteiger partial charge in [0.2, 0.25) is 0 Å². The summed E-state index contributed by atoms with van der Waals surface area (Å²) in [4.78, 5) is 40.0. The second-order valence-corrected chi connectivity index (χ2v) is 9.63. The molecule has 1 heterocycles. The molecule has 0 unspecified atom stereocenters. The van der Waals surface area contributed by atoms with Crippen LogP contribution in [0.3, 0.4) is 0 Å². The number of nitrogens with zero attached hydrogens (tertiary/aromatic N) is 1. The van der Waals surface area contributed by atoms with Gasteiger partial charge in [0, 0.05) is 47.8 Å². The van der Waals surface area contributed by atoms with Crippen molar-refractivity contribution < 1.29 is 23.9 Å². The number of hydrogen-bond donors (Lipinski definition) is 1. The summed E-state index contributed by atoms with van der Waals surface area (Å²) in [5, 5.41) is 0. The Morgan fingerprint density at radius 2 is 1.64 bits per heavy atom. The SMILES string of the molecule is CCOc1cc(C2C3=C(CCCC3=O)N(CC)C3=C2C(=O)CCC3)cc(I)c1OCC(N)=O. The molecule has 1 amide bonds. The molecular formula is C25H29IN2O5. The fraction of sp³-hybridized carbons (Fsp3) is 0.480. The first-order chi connectivity index (χ1) is 15.9. The van der Waals surface area contributed by atoms with E-state index in [2.05, 4.69) is 34.4 Å². The van der Waals surface area contributed by atoms with Crippen molar-refractivity contribution in [2.45, 2.75) is 58.3 Å². The standard InChI is InChI=1S/C25H29IN2O5/c1-3-28-16-7-5-9-18(29)23(16)22(24-17(28)8-6-10-19(24)30)14-11-15(26)25(33-13-21(27)31)20(12-14)32-4-2/h11-12,22H,3-10,13H2,1-2H3,(H2,27,31). The topological polar surface area (TPSA) is 98.9 Å². The van der Waals surface area contributed by atoms with Gasteiger partial charge >= 0.3 is 0 Å². The monoisotopic (exact) mass is 564 g/mol. The summed E-state index contributed by atoms with van der Waals surface area (Å²) in [6.45, 7) is 4.83. The lowest BCUT2D eigenvalue weighted by molar-refractivity contribution is -0.120. The van der Waals surface area contributed by atoms with Crippen LogP contribution in [0, 0.1) is 3.57 Å². The molecule has 3 aliphatic rings. The van der Waals surface area contributed by atoms with Gasteiger partial charge in [0.15, 0.2) is 29.7 Å². The number of benzene rings is 1. The Morgan fingerprint density at radius 1 is 1.03 bits per heavy atom. The van der Waals surface area contributed by atoms with Gasteiger partial charge in [-0.2, -0.15) is 0 Å². The number of ketones is 2. The van der Waals surface area contributed by atoms with Gasteiger partial charge in [-0.1, -0.05) is 0 Å². The third-order valence-corrected chi connectivity index (χ3v) is 7.23. The summed E-state index contributed by atoms with van der Waals surface area (Å²) < 4.78 is 12.2. The molecule has 1 aromatic rings. The molecule has 1 aliphatic heterocycles. The number of halogens is 1. The van der Waals surface area contributed by atoms with Crippen LogP contribution in [0.1, 0.15) is 63.9 Å². The Hall–Kier alpha value is -2.36. The molecule has 0 saturated carbocycles. The number of carbonyl (C=O) groups is 3. The first kappa shape index (κ1) is 23.8. The molecule has 0 bridgehead atoms. The zero-order chi connectivity index (χ0) is 23.7. The van der Waals surface area contributed by atoms with Crippen molar-refractivity contribution in [1.29, 1.82) is 0 Å². The van der Waals surface area contributed by atoms with Crippen LogP contribution in [0.25, 0.3) is 0 Å². The van der Waals surface area contributed by atoms with Gasteiger partial charge in [0.1, 0.15) is 0 Å². The largest absolute Gasteiger partial charge is 0.490 e. The number of ether oxygens (including phenoxy) is 2. The average Bonchev–Trinajstić information content (AvgIpc) is 2.77. The first-order valence-electron chi connectivity index (χ1n) is 11.5. The Bertz CT molecular complexity index is 1030. The predicted octanol–water partition coefficient (Wildman–Crippen LogP) is 3.99. The second-order valence-electron chi connectivity index (χ2n) is 8.47. The van der Waals surface area contributed by atoms with Gasteiger partial charge in [0.05, 0.1) is 10.2 Å². The molecule has 0 saturated heterocycles. The number of primary amides is 1. The lowest BCUT2D eigenvalue weighted by Crippen LogP contribution is -2.39. The van der Waals surface area contributed by atoms with Crippen LogP contribution in [-0.2, 0) is 14.4 Å². The number of hydrogen-bond acceptors (Lipinski definition) is 6. The van der Waals surface area contributed by atoms with Gasteiger partial charge in [-0.25, -0.2) is 0 Å². The Kier molecular flexibility index (Phi) is 7.11. The van der Waals surface area contributed by atoms with Crippen LogP contribution in [0.5, 0.6) is 11.5 Å². The van der Waals surface area contributed by atoms with E-state index in [1.54, 1.807) is 0 Å². The van der Waals surface area contributed by atoms with Gasteiger partial charge in [-0.15, -0.1) is 0 Å². The highest BCUT2D eigenvalue weighted by Crippen LogP contribution is 2.50. The molecule has 4 rings (SSSR count). The fourth-order valence-electron chi connectivity index (χ4n) is 5.23. The van der Waals surface area contributed by atoms with Crippen LogP contribution in [-0.4, -0.2) is 42.1 Å². The fourth-order valence-corrected chi connectivity index (χ4v) is 6.01. The Labute approximate surface area is 207 Å².